The molecule has 276 valence electrons. The van der Waals surface area contributed by atoms with Crippen LogP contribution >= 0.6 is 0 Å². The van der Waals surface area contributed by atoms with Gasteiger partial charge in [0.15, 0.2) is 12.1 Å². The number of aliphatic carboxylic acids is 1. The summed E-state index contributed by atoms with van der Waals surface area (Å²) in [5, 5.41) is 9.57. The minimum Gasteiger partial charge on any atom is -0.477 e. The zero-order valence-electron chi connectivity index (χ0n) is 31.2. The van der Waals surface area contributed by atoms with E-state index in [1.54, 1.807) is 0 Å². The van der Waals surface area contributed by atoms with Crippen LogP contribution in [0.5, 0.6) is 0 Å². The number of carbonyl (C=O) groups excluding carboxylic acids is 2. The Hall–Kier alpha value is -2.71. The monoisotopic (exact) mass is 677 g/mol. The summed E-state index contributed by atoms with van der Waals surface area (Å²) < 4.78 is 17.1. The number of unbranched alkanes of at least 4 members (excludes halogenated alkanes) is 10. The Bertz CT molecular complexity index is 932. The Morgan fingerprint density at radius 1 is 0.646 bits per heavy atom. The Balaban J connectivity index is 4.56. The highest BCUT2D eigenvalue weighted by molar-refractivity contribution is 5.72. The van der Waals surface area contributed by atoms with E-state index in [2.05, 4.69) is 50.3 Å². The zero-order chi connectivity index (χ0) is 35.7. The zero-order valence-corrected chi connectivity index (χ0v) is 31.2. The van der Waals surface area contributed by atoms with Gasteiger partial charge in [0.2, 0.25) is 0 Å². The van der Waals surface area contributed by atoms with Crippen molar-refractivity contribution in [1.82, 2.24) is 0 Å². The number of carboxylic acids is 1. The van der Waals surface area contributed by atoms with E-state index in [0.717, 1.165) is 44.9 Å². The molecule has 8 nitrogen and oxygen atoms in total. The third-order valence-corrected chi connectivity index (χ3v) is 8.01. The van der Waals surface area contributed by atoms with Crippen LogP contribution in [0.2, 0.25) is 0 Å². The average Bonchev–Trinajstić information content (AvgIpc) is 3.03. The van der Waals surface area contributed by atoms with Crippen molar-refractivity contribution in [3.8, 4) is 0 Å². The molecule has 0 aromatic heterocycles. The fourth-order valence-corrected chi connectivity index (χ4v) is 5.10. The smallest absolute Gasteiger partial charge is 0.362 e. The van der Waals surface area contributed by atoms with Gasteiger partial charge in [-0.1, -0.05) is 127 Å². The summed E-state index contributed by atoms with van der Waals surface area (Å²) in [5.41, 5.74) is 0. The maximum Gasteiger partial charge on any atom is 0.362 e. The molecule has 0 spiro atoms. The van der Waals surface area contributed by atoms with E-state index >= 15 is 0 Å². The average molecular weight is 677 g/mol. The second kappa shape index (κ2) is 31.6. The number of hydrogen-bond donors (Lipinski definition) is 1. The summed E-state index contributed by atoms with van der Waals surface area (Å²) >= 11 is 0. The van der Waals surface area contributed by atoms with Crippen molar-refractivity contribution < 1.29 is 38.2 Å². The van der Waals surface area contributed by atoms with E-state index in [9.17, 15) is 19.5 Å². The van der Waals surface area contributed by atoms with Crippen molar-refractivity contribution in [2.75, 3.05) is 41.0 Å². The van der Waals surface area contributed by atoms with Gasteiger partial charge in [-0.25, -0.2) is 4.79 Å². The first-order valence-corrected chi connectivity index (χ1v) is 18.7. The van der Waals surface area contributed by atoms with Gasteiger partial charge in [-0.3, -0.25) is 9.59 Å². The van der Waals surface area contributed by atoms with Gasteiger partial charge >= 0.3 is 17.9 Å². The van der Waals surface area contributed by atoms with E-state index < -0.39 is 18.1 Å². The first-order chi connectivity index (χ1) is 23.1. The highest BCUT2D eigenvalue weighted by atomic mass is 16.6. The molecule has 0 bridgehead atoms. The first-order valence-electron chi connectivity index (χ1n) is 18.7. The van der Waals surface area contributed by atoms with Crippen LogP contribution in [0, 0.1) is 0 Å². The molecule has 0 rings (SSSR count). The van der Waals surface area contributed by atoms with Crippen LogP contribution in [0.4, 0.5) is 0 Å². The van der Waals surface area contributed by atoms with Crippen molar-refractivity contribution in [1.29, 1.82) is 0 Å². The molecule has 0 radical (unpaired) electrons. The third kappa shape index (κ3) is 29.4. The van der Waals surface area contributed by atoms with Gasteiger partial charge in [0.1, 0.15) is 6.61 Å². The molecule has 0 aromatic rings. The summed E-state index contributed by atoms with van der Waals surface area (Å²) in [6, 6.07) is -0.624. The van der Waals surface area contributed by atoms with Gasteiger partial charge in [-0.2, -0.15) is 0 Å². The summed E-state index contributed by atoms with van der Waals surface area (Å²) in [6.45, 7) is 4.51. The van der Waals surface area contributed by atoms with Crippen molar-refractivity contribution in [3.63, 3.8) is 0 Å². The molecule has 0 saturated carbocycles. The highest BCUT2D eigenvalue weighted by Gasteiger charge is 2.31. The van der Waals surface area contributed by atoms with Crippen molar-refractivity contribution in [3.05, 3.63) is 48.6 Å². The number of hydrogen-bond acceptors (Lipinski definition) is 6. The predicted octanol–water partition coefficient (Wildman–Crippen LogP) is 9.29. The van der Waals surface area contributed by atoms with Crippen LogP contribution in [0.25, 0.3) is 0 Å². The van der Waals surface area contributed by atoms with Crippen LogP contribution < -0.4 is 0 Å². The standard InChI is InChI=1S/C40H69NO7/c1-6-8-10-12-14-16-18-19-21-23-25-27-29-31-39(43)48-36(34-46-33-32-37(40(44)45)41(3,4)5)35-47-38(42)30-28-26-24-22-20-17-15-13-11-9-7-2/h8,10,14,16,19,21,25,27,36-37H,6-7,9,11-13,15,17-18,20,22-24,26,28-35H2,1-5H3/p+1/b10-8-,16-14-,21-19-,27-25-. The summed E-state index contributed by atoms with van der Waals surface area (Å²) in [7, 11) is 5.49. The lowest BCUT2D eigenvalue weighted by Crippen LogP contribution is -2.50. The number of ether oxygens (including phenoxy) is 3. The maximum absolute atomic E-state index is 12.6. The van der Waals surface area contributed by atoms with Crippen LogP contribution in [0.3, 0.4) is 0 Å². The number of nitrogens with zero attached hydrogens (tertiary/aromatic N) is 1. The molecular formula is C40H70NO7+. The van der Waals surface area contributed by atoms with E-state index in [1.165, 1.54) is 51.4 Å². The highest BCUT2D eigenvalue weighted by Crippen LogP contribution is 2.13. The molecule has 2 atom stereocenters. The first kappa shape index (κ1) is 45.3. The molecule has 8 heteroatoms. The Morgan fingerprint density at radius 2 is 1.17 bits per heavy atom. The fraction of sp³-hybridized carbons (Fsp3) is 0.725. The minimum absolute atomic E-state index is 0.0327. The molecule has 0 aromatic carbocycles. The molecule has 0 fully saturated rings. The predicted molar refractivity (Wildman–Crippen MR) is 197 cm³/mol. The minimum atomic E-state index is -0.888. The molecular weight excluding hydrogens is 606 g/mol. The number of quaternary nitrogens is 1. The molecule has 0 amide bonds. The summed E-state index contributed by atoms with van der Waals surface area (Å²) in [6.07, 6.45) is 34.6. The quantitative estimate of drug-likeness (QED) is 0.0328. The van der Waals surface area contributed by atoms with Crippen LogP contribution in [-0.2, 0) is 28.6 Å². The number of rotatable bonds is 32. The lowest BCUT2D eigenvalue weighted by atomic mass is 10.1. The van der Waals surface area contributed by atoms with Gasteiger partial charge in [0, 0.05) is 19.3 Å². The second-order valence-corrected chi connectivity index (χ2v) is 13.5. The van der Waals surface area contributed by atoms with Crippen molar-refractivity contribution in [2.24, 2.45) is 0 Å². The number of esters is 2. The normalized spacial score (nSPS) is 13.6. The molecule has 0 aliphatic rings. The van der Waals surface area contributed by atoms with Crippen LogP contribution in [0.15, 0.2) is 48.6 Å². The molecule has 2 unspecified atom stereocenters. The van der Waals surface area contributed by atoms with Crippen LogP contribution in [0.1, 0.15) is 136 Å². The Morgan fingerprint density at radius 3 is 1.69 bits per heavy atom. The largest absolute Gasteiger partial charge is 0.477 e. The molecule has 1 N–H and O–H groups in total. The van der Waals surface area contributed by atoms with Crippen molar-refractivity contribution in [2.45, 2.75) is 148 Å². The SMILES string of the molecule is CC/C=C\C/C=C\C/C=C\C/C=C\CCC(=O)OC(COCCC(C(=O)O)[N+](C)(C)C)COC(=O)CCCCCCCCCCCCC. The molecule has 0 heterocycles. The van der Waals surface area contributed by atoms with E-state index in [4.69, 9.17) is 14.2 Å². The maximum atomic E-state index is 12.6. The molecule has 48 heavy (non-hydrogen) atoms. The second-order valence-electron chi connectivity index (χ2n) is 13.5. The lowest BCUT2D eigenvalue weighted by molar-refractivity contribution is -0.887. The summed E-state index contributed by atoms with van der Waals surface area (Å²) in [5.74, 6) is -1.58. The van der Waals surface area contributed by atoms with Gasteiger partial charge in [0.25, 0.3) is 0 Å². The van der Waals surface area contributed by atoms with Crippen LogP contribution in [-0.4, -0.2) is 80.6 Å². The van der Waals surface area contributed by atoms with E-state index in [1.807, 2.05) is 33.3 Å². The fourth-order valence-electron chi connectivity index (χ4n) is 5.10. The van der Waals surface area contributed by atoms with E-state index in [0.29, 0.717) is 19.3 Å². The molecule has 0 aliphatic carbocycles. The summed E-state index contributed by atoms with van der Waals surface area (Å²) in [4.78, 5) is 36.7. The van der Waals surface area contributed by atoms with E-state index in [-0.39, 0.29) is 42.7 Å². The van der Waals surface area contributed by atoms with Gasteiger partial charge < -0.3 is 23.8 Å². The number of carbonyl (C=O) groups is 3. The van der Waals surface area contributed by atoms with Gasteiger partial charge in [-0.05, 0) is 38.5 Å². The third-order valence-electron chi connectivity index (χ3n) is 8.01. The topological polar surface area (TPSA) is 99.1 Å². The van der Waals surface area contributed by atoms with Crippen molar-refractivity contribution >= 4 is 17.9 Å². The van der Waals surface area contributed by atoms with Gasteiger partial charge in [-0.15, -0.1) is 0 Å². The molecule has 0 aliphatic heterocycles. The van der Waals surface area contributed by atoms with Gasteiger partial charge in [0.05, 0.1) is 34.4 Å². The Labute approximate surface area is 293 Å². The number of likely N-dealkylation sites (N-methyl/N-ethyl adjacent to an activating group) is 1. The number of carboxylic acid groups (broad SMARTS) is 1. The Kier molecular flexibility index (Phi) is 29.8. The lowest BCUT2D eigenvalue weighted by Gasteiger charge is -2.31. The number of allylic oxidation sites excluding steroid dienone is 8. The molecule has 0 saturated heterocycles.